The van der Waals surface area contributed by atoms with Gasteiger partial charge in [0.1, 0.15) is 12.6 Å². The van der Waals surface area contributed by atoms with Crippen molar-refractivity contribution < 1.29 is 13.0 Å². The molecule has 1 atom stereocenters. The van der Waals surface area contributed by atoms with Crippen LogP contribution in [0.2, 0.25) is 0 Å². The van der Waals surface area contributed by atoms with Crippen LogP contribution in [0.25, 0.3) is 0 Å². The van der Waals surface area contributed by atoms with Gasteiger partial charge in [0.25, 0.3) is 0 Å². The summed E-state index contributed by atoms with van der Waals surface area (Å²) in [7, 11) is -6.24. The zero-order valence-corrected chi connectivity index (χ0v) is 13.3. The van der Waals surface area contributed by atoms with E-state index >= 15 is 0 Å². The highest BCUT2D eigenvalue weighted by Crippen LogP contribution is 2.55. The Morgan fingerprint density at radius 1 is 1.11 bits per heavy atom. The fourth-order valence-corrected chi connectivity index (χ4v) is 6.63. The molecular weight excluding hydrogens is 267 g/mol. The van der Waals surface area contributed by atoms with Gasteiger partial charge in [0.2, 0.25) is 0 Å². The molecule has 0 spiro atoms. The number of hydrogen-bond donors (Lipinski definition) is 0. The topological polar surface area (TPSA) is 51.2 Å². The van der Waals surface area contributed by atoms with Crippen molar-refractivity contribution in [2.24, 2.45) is 0 Å². The van der Waals surface area contributed by atoms with Crippen molar-refractivity contribution in [1.82, 2.24) is 0 Å². The smallest absolute Gasteiger partial charge is 0.185 e. The Bertz CT molecular complexity index is 565. The number of rotatable bonds is 3. The molecule has 5 heteroatoms. The molecule has 0 aliphatic heterocycles. The van der Waals surface area contributed by atoms with Crippen LogP contribution in [0.5, 0.6) is 0 Å². The zero-order chi connectivity index (χ0) is 14.2. The summed E-state index contributed by atoms with van der Waals surface area (Å²) in [5.74, 6) is 0. The first kappa shape index (κ1) is 15.5. The third-order valence-electron chi connectivity index (χ3n) is 3.22. The largest absolute Gasteiger partial charge is 0.322 e. The molecule has 1 rings (SSSR count). The van der Waals surface area contributed by atoms with Crippen LogP contribution >= 0.6 is 7.14 Å². The van der Waals surface area contributed by atoms with Gasteiger partial charge in [-0.1, -0.05) is 38.5 Å². The molecule has 18 heavy (non-hydrogen) atoms. The molecule has 0 N–H and O–H groups in total. The SMILES string of the molecule is Cc1ccc(S(=O)(=O)CP(C)(=O)C(C)(C)C)cc1. The Morgan fingerprint density at radius 3 is 1.94 bits per heavy atom. The van der Waals surface area contributed by atoms with E-state index in [1.54, 1.807) is 30.9 Å². The van der Waals surface area contributed by atoms with E-state index in [2.05, 4.69) is 0 Å². The number of hydrogen-bond acceptors (Lipinski definition) is 3. The van der Waals surface area contributed by atoms with Crippen molar-refractivity contribution in [2.45, 2.75) is 37.7 Å². The highest BCUT2D eigenvalue weighted by Gasteiger charge is 2.36. The maximum atomic E-state index is 12.5. The molecule has 3 nitrogen and oxygen atoms in total. The molecule has 1 aromatic carbocycles. The molecule has 0 aromatic heterocycles. The van der Waals surface area contributed by atoms with Gasteiger partial charge < -0.3 is 4.57 Å². The normalized spacial score (nSPS) is 16.3. The van der Waals surface area contributed by atoms with Gasteiger partial charge >= 0.3 is 0 Å². The fraction of sp³-hybridized carbons (Fsp3) is 0.538. The second-order valence-corrected chi connectivity index (χ2v) is 12.1. The number of benzene rings is 1. The minimum Gasteiger partial charge on any atom is -0.322 e. The van der Waals surface area contributed by atoms with Gasteiger partial charge in [0, 0.05) is 5.16 Å². The molecule has 0 radical (unpaired) electrons. The lowest BCUT2D eigenvalue weighted by Crippen LogP contribution is -2.20. The maximum Gasteiger partial charge on any atom is 0.185 e. The molecule has 0 fully saturated rings. The summed E-state index contributed by atoms with van der Waals surface area (Å²) >= 11 is 0. The minimum atomic E-state index is -3.48. The van der Waals surface area contributed by atoms with Gasteiger partial charge in [0.05, 0.1) is 4.90 Å². The van der Waals surface area contributed by atoms with E-state index in [0.29, 0.717) is 0 Å². The number of sulfone groups is 1. The molecule has 0 saturated heterocycles. The van der Waals surface area contributed by atoms with Crippen LogP contribution in [-0.4, -0.2) is 25.7 Å². The van der Waals surface area contributed by atoms with Crippen LogP contribution in [0.1, 0.15) is 26.3 Å². The zero-order valence-electron chi connectivity index (χ0n) is 11.6. The summed E-state index contributed by atoms with van der Waals surface area (Å²) in [4.78, 5) is 0.249. The molecular formula is C13H21O3PS. The molecule has 0 aliphatic rings. The van der Waals surface area contributed by atoms with Gasteiger partial charge in [-0.2, -0.15) is 0 Å². The molecule has 1 aromatic rings. The molecule has 102 valence electrons. The van der Waals surface area contributed by atoms with E-state index < -0.39 is 22.1 Å². The minimum absolute atomic E-state index is 0.249. The van der Waals surface area contributed by atoms with E-state index in [0.717, 1.165) is 5.56 Å². The van der Waals surface area contributed by atoms with Crippen molar-refractivity contribution >= 4 is 17.0 Å². The van der Waals surface area contributed by atoms with Gasteiger partial charge in [0.15, 0.2) is 9.84 Å². The number of aryl methyl sites for hydroxylation is 1. The Labute approximate surface area is 110 Å². The first-order valence-corrected chi connectivity index (χ1v) is 9.81. The average molecular weight is 288 g/mol. The Balaban J connectivity index is 3.11. The van der Waals surface area contributed by atoms with Crippen LogP contribution < -0.4 is 0 Å². The first-order valence-electron chi connectivity index (χ1n) is 5.82. The lowest BCUT2D eigenvalue weighted by Gasteiger charge is -2.27. The van der Waals surface area contributed by atoms with E-state index in [4.69, 9.17) is 0 Å². The van der Waals surface area contributed by atoms with Gasteiger partial charge in [-0.15, -0.1) is 0 Å². The molecule has 1 unspecified atom stereocenters. The van der Waals surface area contributed by atoms with Crippen LogP contribution in [0.15, 0.2) is 29.2 Å². The molecule has 0 aliphatic carbocycles. The van der Waals surface area contributed by atoms with Crippen molar-refractivity contribution in [3.8, 4) is 0 Å². The summed E-state index contributed by atoms with van der Waals surface area (Å²) in [6.45, 7) is 8.92. The van der Waals surface area contributed by atoms with Crippen molar-refractivity contribution in [2.75, 3.05) is 12.2 Å². The highest BCUT2D eigenvalue weighted by atomic mass is 32.2. The van der Waals surface area contributed by atoms with E-state index in [9.17, 15) is 13.0 Å². The first-order chi connectivity index (χ1) is 7.96. The standard InChI is InChI=1S/C13H21O3PS/c1-11-6-8-12(9-7-11)18(15,16)10-17(5,14)13(2,3)4/h6-9H,10H2,1-5H3. The van der Waals surface area contributed by atoms with E-state index in [1.807, 2.05) is 27.7 Å². The van der Waals surface area contributed by atoms with Gasteiger partial charge in [-0.05, 0) is 25.7 Å². The predicted octanol–water partition coefficient (Wildman–Crippen LogP) is 3.52. The second-order valence-electron chi connectivity index (χ2n) is 5.83. The second kappa shape index (κ2) is 4.82. The lowest BCUT2D eigenvalue weighted by atomic mass is 10.2. The Morgan fingerprint density at radius 2 is 1.56 bits per heavy atom. The monoisotopic (exact) mass is 288 g/mol. The Hall–Kier alpha value is -0.600. The molecule has 0 bridgehead atoms. The van der Waals surface area contributed by atoms with Crippen LogP contribution in [0.4, 0.5) is 0 Å². The predicted molar refractivity (Wildman–Crippen MR) is 76.5 cm³/mol. The third-order valence-corrected chi connectivity index (χ3v) is 10.4. The summed E-state index contributed by atoms with van der Waals surface area (Å²) in [5.41, 5.74) is 0.733. The summed E-state index contributed by atoms with van der Waals surface area (Å²) in [6, 6.07) is 6.66. The summed E-state index contributed by atoms with van der Waals surface area (Å²) < 4.78 is 37.0. The lowest BCUT2D eigenvalue weighted by molar-refractivity contribution is 0.553. The molecule has 0 amide bonds. The fourth-order valence-electron chi connectivity index (χ4n) is 1.34. The van der Waals surface area contributed by atoms with Crippen LogP contribution in [0, 0.1) is 6.92 Å². The highest BCUT2D eigenvalue weighted by molar-refractivity contribution is 7.99. The maximum absolute atomic E-state index is 12.5. The van der Waals surface area contributed by atoms with E-state index in [-0.39, 0.29) is 10.4 Å². The van der Waals surface area contributed by atoms with Crippen molar-refractivity contribution in [3.63, 3.8) is 0 Å². The van der Waals surface area contributed by atoms with Crippen molar-refractivity contribution in [1.29, 1.82) is 0 Å². The third kappa shape index (κ3) is 3.46. The summed E-state index contributed by atoms with van der Waals surface area (Å²) in [6.07, 6.45) is 0. The average Bonchev–Trinajstić information content (AvgIpc) is 2.14. The van der Waals surface area contributed by atoms with Crippen LogP contribution in [-0.2, 0) is 14.4 Å². The van der Waals surface area contributed by atoms with Gasteiger partial charge in [-0.3, -0.25) is 0 Å². The summed E-state index contributed by atoms with van der Waals surface area (Å²) in [5, 5.41) is -0.495. The quantitative estimate of drug-likeness (QED) is 0.800. The van der Waals surface area contributed by atoms with E-state index in [1.165, 1.54) is 0 Å². The Kier molecular flexibility index (Phi) is 4.14. The van der Waals surface area contributed by atoms with Gasteiger partial charge in [-0.25, -0.2) is 8.42 Å². The van der Waals surface area contributed by atoms with Crippen molar-refractivity contribution in [3.05, 3.63) is 29.8 Å². The molecule has 0 saturated carbocycles. The van der Waals surface area contributed by atoms with Crippen LogP contribution in [0.3, 0.4) is 0 Å². The molecule has 0 heterocycles.